The van der Waals surface area contributed by atoms with Gasteiger partial charge in [-0.05, 0) is 48.2 Å². The van der Waals surface area contributed by atoms with Crippen LogP contribution in [0.1, 0.15) is 16.0 Å². The maximum absolute atomic E-state index is 5.55. The molecule has 17 heavy (non-hydrogen) atoms. The van der Waals surface area contributed by atoms with E-state index in [1.807, 2.05) is 24.3 Å². The molecule has 0 saturated heterocycles. The van der Waals surface area contributed by atoms with E-state index in [0.29, 0.717) is 4.99 Å². The maximum Gasteiger partial charge on any atom is 0.103 e. The van der Waals surface area contributed by atoms with E-state index >= 15 is 0 Å². The summed E-state index contributed by atoms with van der Waals surface area (Å²) in [7, 11) is 0. The van der Waals surface area contributed by atoms with Crippen LogP contribution in [0.4, 0.5) is 5.69 Å². The third-order valence-corrected chi connectivity index (χ3v) is 3.85. The molecule has 0 aliphatic rings. The molecule has 0 fully saturated rings. The van der Waals surface area contributed by atoms with Gasteiger partial charge in [-0.2, -0.15) is 0 Å². The molecule has 0 amide bonds. The summed E-state index contributed by atoms with van der Waals surface area (Å²) >= 11 is 6.68. The monoisotopic (exact) mass is 262 g/mol. The predicted octanol–water partition coefficient (Wildman–Crippen LogP) is 3.30. The topological polar surface area (TPSA) is 38.0 Å². The molecule has 3 N–H and O–H groups in total. The summed E-state index contributed by atoms with van der Waals surface area (Å²) in [6.07, 6.45) is 0. The molecule has 0 spiro atoms. The Labute approximate surface area is 110 Å². The molecule has 1 aromatic heterocycles. The molecular weight excluding hydrogens is 248 g/mol. The Balaban J connectivity index is 2.00. The number of thiophene rings is 1. The molecular formula is C13H14N2S2. The molecule has 0 unspecified atom stereocenters. The average Bonchev–Trinajstić information content (AvgIpc) is 2.73. The third kappa shape index (κ3) is 3.05. The molecule has 0 bridgehead atoms. The Kier molecular flexibility index (Phi) is 3.76. The Morgan fingerprint density at radius 1 is 1.29 bits per heavy atom. The van der Waals surface area contributed by atoms with Gasteiger partial charge in [-0.3, -0.25) is 0 Å². The van der Waals surface area contributed by atoms with Crippen molar-refractivity contribution in [1.82, 2.24) is 0 Å². The van der Waals surface area contributed by atoms with Gasteiger partial charge in [0, 0.05) is 22.7 Å². The largest absolute Gasteiger partial charge is 0.389 e. The lowest BCUT2D eigenvalue weighted by molar-refractivity contribution is 1.17. The van der Waals surface area contributed by atoms with Gasteiger partial charge in [-0.1, -0.05) is 12.2 Å². The van der Waals surface area contributed by atoms with E-state index in [0.717, 1.165) is 17.8 Å². The van der Waals surface area contributed by atoms with Crippen LogP contribution < -0.4 is 11.1 Å². The van der Waals surface area contributed by atoms with E-state index in [1.54, 1.807) is 11.3 Å². The van der Waals surface area contributed by atoms with E-state index in [2.05, 4.69) is 23.7 Å². The van der Waals surface area contributed by atoms with Crippen molar-refractivity contribution in [2.45, 2.75) is 13.5 Å². The van der Waals surface area contributed by atoms with Crippen molar-refractivity contribution >= 4 is 34.2 Å². The second kappa shape index (κ2) is 5.29. The van der Waals surface area contributed by atoms with Crippen LogP contribution in [0, 0.1) is 6.92 Å². The van der Waals surface area contributed by atoms with Gasteiger partial charge in [-0.25, -0.2) is 0 Å². The molecule has 4 heteroatoms. The molecule has 0 radical (unpaired) electrons. The molecule has 88 valence electrons. The molecule has 1 aromatic carbocycles. The van der Waals surface area contributed by atoms with Gasteiger partial charge in [0.1, 0.15) is 4.99 Å². The number of nitrogens with two attached hydrogens (primary N) is 1. The van der Waals surface area contributed by atoms with Crippen molar-refractivity contribution in [3.8, 4) is 0 Å². The normalized spacial score (nSPS) is 10.2. The van der Waals surface area contributed by atoms with Crippen LogP contribution in [0.15, 0.2) is 35.7 Å². The van der Waals surface area contributed by atoms with Crippen LogP contribution in [-0.2, 0) is 6.54 Å². The summed E-state index contributed by atoms with van der Waals surface area (Å²) in [5, 5.41) is 5.49. The average molecular weight is 262 g/mol. The predicted molar refractivity (Wildman–Crippen MR) is 78.7 cm³/mol. The molecule has 0 aliphatic heterocycles. The summed E-state index contributed by atoms with van der Waals surface area (Å²) in [5.41, 5.74) is 8.87. The van der Waals surface area contributed by atoms with Crippen molar-refractivity contribution in [2.24, 2.45) is 5.73 Å². The number of anilines is 1. The molecule has 0 aliphatic carbocycles. The fourth-order valence-electron chi connectivity index (χ4n) is 1.52. The van der Waals surface area contributed by atoms with E-state index in [1.165, 1.54) is 10.4 Å². The Bertz CT molecular complexity index is 514. The zero-order chi connectivity index (χ0) is 12.3. The van der Waals surface area contributed by atoms with Crippen molar-refractivity contribution in [2.75, 3.05) is 5.32 Å². The van der Waals surface area contributed by atoms with Crippen LogP contribution >= 0.6 is 23.6 Å². The quantitative estimate of drug-likeness (QED) is 0.830. The van der Waals surface area contributed by atoms with Gasteiger partial charge < -0.3 is 11.1 Å². The number of aryl methyl sites for hydroxylation is 1. The Hall–Kier alpha value is -1.39. The zero-order valence-electron chi connectivity index (χ0n) is 9.57. The van der Waals surface area contributed by atoms with Crippen LogP contribution in [0.25, 0.3) is 0 Å². The van der Waals surface area contributed by atoms with E-state index in [9.17, 15) is 0 Å². The Morgan fingerprint density at radius 2 is 2.00 bits per heavy atom. The molecule has 2 aromatic rings. The van der Waals surface area contributed by atoms with E-state index < -0.39 is 0 Å². The van der Waals surface area contributed by atoms with Gasteiger partial charge >= 0.3 is 0 Å². The maximum atomic E-state index is 5.55. The van der Waals surface area contributed by atoms with Crippen LogP contribution in [0.3, 0.4) is 0 Å². The van der Waals surface area contributed by atoms with Gasteiger partial charge in [0.05, 0.1) is 0 Å². The molecule has 0 atom stereocenters. The summed E-state index contributed by atoms with van der Waals surface area (Å²) in [4.78, 5) is 1.80. The first-order valence-electron chi connectivity index (χ1n) is 5.33. The lowest BCUT2D eigenvalue weighted by atomic mass is 10.2. The van der Waals surface area contributed by atoms with Crippen LogP contribution in [0.2, 0.25) is 0 Å². The SMILES string of the molecule is Cc1ccsc1CNc1ccc(C(N)=S)cc1. The minimum Gasteiger partial charge on any atom is -0.389 e. The molecule has 2 rings (SSSR count). The van der Waals surface area contributed by atoms with Crippen molar-refractivity contribution in [1.29, 1.82) is 0 Å². The fourth-order valence-corrected chi connectivity index (χ4v) is 2.50. The number of thiocarbonyl (C=S) groups is 1. The first-order valence-corrected chi connectivity index (χ1v) is 6.62. The minimum atomic E-state index is 0.436. The standard InChI is InChI=1S/C13H14N2S2/c1-9-6-7-17-12(9)8-15-11-4-2-10(3-5-11)13(14)16/h2-7,15H,8H2,1H3,(H2,14,16). The first kappa shape index (κ1) is 12.1. The van der Waals surface area contributed by atoms with E-state index in [4.69, 9.17) is 18.0 Å². The van der Waals surface area contributed by atoms with Gasteiger partial charge in [0.15, 0.2) is 0 Å². The van der Waals surface area contributed by atoms with E-state index in [-0.39, 0.29) is 0 Å². The highest BCUT2D eigenvalue weighted by atomic mass is 32.1. The minimum absolute atomic E-state index is 0.436. The van der Waals surface area contributed by atoms with Gasteiger partial charge in [0.2, 0.25) is 0 Å². The number of benzene rings is 1. The Morgan fingerprint density at radius 3 is 2.53 bits per heavy atom. The van der Waals surface area contributed by atoms with Crippen molar-refractivity contribution < 1.29 is 0 Å². The number of rotatable bonds is 4. The lowest BCUT2D eigenvalue weighted by Crippen LogP contribution is -2.09. The first-order chi connectivity index (χ1) is 8.16. The fraction of sp³-hybridized carbons (Fsp3) is 0.154. The number of hydrogen-bond acceptors (Lipinski definition) is 3. The highest BCUT2D eigenvalue weighted by Crippen LogP contribution is 2.18. The summed E-state index contributed by atoms with van der Waals surface area (Å²) in [6.45, 7) is 2.99. The third-order valence-electron chi connectivity index (χ3n) is 2.59. The van der Waals surface area contributed by atoms with Crippen molar-refractivity contribution in [3.63, 3.8) is 0 Å². The zero-order valence-corrected chi connectivity index (χ0v) is 11.2. The highest BCUT2D eigenvalue weighted by Gasteiger charge is 2.00. The van der Waals surface area contributed by atoms with Crippen molar-refractivity contribution in [3.05, 3.63) is 51.7 Å². The molecule has 1 heterocycles. The smallest absolute Gasteiger partial charge is 0.103 e. The summed E-state index contributed by atoms with van der Waals surface area (Å²) in [5.74, 6) is 0. The second-order valence-electron chi connectivity index (χ2n) is 3.82. The highest BCUT2D eigenvalue weighted by molar-refractivity contribution is 7.80. The molecule has 0 saturated carbocycles. The van der Waals surface area contributed by atoms with Crippen LogP contribution in [-0.4, -0.2) is 4.99 Å². The molecule has 2 nitrogen and oxygen atoms in total. The van der Waals surface area contributed by atoms with Gasteiger partial charge in [-0.15, -0.1) is 11.3 Å². The van der Waals surface area contributed by atoms with Gasteiger partial charge in [0.25, 0.3) is 0 Å². The summed E-state index contributed by atoms with van der Waals surface area (Å²) in [6, 6.07) is 10.0. The number of hydrogen-bond donors (Lipinski definition) is 2. The number of nitrogens with one attached hydrogen (secondary N) is 1. The summed E-state index contributed by atoms with van der Waals surface area (Å²) < 4.78 is 0. The van der Waals surface area contributed by atoms with Crippen LogP contribution in [0.5, 0.6) is 0 Å². The second-order valence-corrected chi connectivity index (χ2v) is 5.26. The lowest BCUT2D eigenvalue weighted by Gasteiger charge is -2.06.